The lowest BCUT2D eigenvalue weighted by Crippen LogP contribution is -2.67. The van der Waals surface area contributed by atoms with E-state index in [-0.39, 0.29) is 5.92 Å². The number of likely N-dealkylation sites (tertiary alicyclic amines) is 1. The molecule has 1 aromatic heterocycles. The Morgan fingerprint density at radius 3 is 2.50 bits per heavy atom. The molecular formula is C16H24F3N3O5S. The summed E-state index contributed by atoms with van der Waals surface area (Å²) < 4.78 is 63.3. The lowest BCUT2D eigenvalue weighted by Gasteiger charge is -2.50. The fourth-order valence-electron chi connectivity index (χ4n) is 3.60. The van der Waals surface area contributed by atoms with Crippen LogP contribution in [0.5, 0.6) is 0 Å². The summed E-state index contributed by atoms with van der Waals surface area (Å²) in [5.74, 6) is -2.30. The maximum Gasteiger partial charge on any atom is 0.490 e. The highest BCUT2D eigenvalue weighted by Gasteiger charge is 2.61. The molecule has 3 rings (SSSR count). The van der Waals surface area contributed by atoms with E-state index in [1.165, 1.54) is 0 Å². The number of ether oxygens (including phenoxy) is 1. The molecule has 2 saturated heterocycles. The molecule has 12 heteroatoms. The minimum absolute atomic E-state index is 0.146. The molecule has 2 fully saturated rings. The second kappa shape index (κ2) is 8.37. The Labute approximate surface area is 161 Å². The van der Waals surface area contributed by atoms with Crippen molar-refractivity contribution in [2.45, 2.75) is 30.8 Å². The molecule has 1 spiro atoms. The van der Waals surface area contributed by atoms with Crippen molar-refractivity contribution in [3.63, 3.8) is 0 Å². The highest BCUT2D eigenvalue weighted by molar-refractivity contribution is 7.93. The first-order chi connectivity index (χ1) is 12.9. The molecule has 1 N–H and O–H groups in total. The molecule has 0 radical (unpaired) electrons. The van der Waals surface area contributed by atoms with E-state index in [0.717, 1.165) is 18.5 Å². The molecule has 0 saturated carbocycles. The summed E-state index contributed by atoms with van der Waals surface area (Å²) in [6.07, 6.45) is -0.527. The molecule has 0 amide bonds. The van der Waals surface area contributed by atoms with Crippen molar-refractivity contribution >= 4 is 15.8 Å². The third-order valence-electron chi connectivity index (χ3n) is 5.01. The minimum atomic E-state index is -5.08. The average Bonchev–Trinajstić information content (AvgIpc) is 3.06. The van der Waals surface area contributed by atoms with Crippen LogP contribution in [0.3, 0.4) is 0 Å². The molecule has 1 aromatic rings. The monoisotopic (exact) mass is 427 g/mol. The Morgan fingerprint density at radius 2 is 2.04 bits per heavy atom. The van der Waals surface area contributed by atoms with Crippen LogP contribution < -0.4 is 0 Å². The zero-order valence-corrected chi connectivity index (χ0v) is 16.5. The van der Waals surface area contributed by atoms with Crippen LogP contribution >= 0.6 is 0 Å². The highest BCUT2D eigenvalue weighted by Crippen LogP contribution is 2.45. The van der Waals surface area contributed by atoms with Crippen molar-refractivity contribution < 1.29 is 36.2 Å². The van der Waals surface area contributed by atoms with Gasteiger partial charge in [-0.15, -0.1) is 0 Å². The number of aromatic nitrogens is 2. The largest absolute Gasteiger partial charge is 0.490 e. The van der Waals surface area contributed by atoms with Gasteiger partial charge in [0.05, 0.1) is 18.6 Å². The van der Waals surface area contributed by atoms with Gasteiger partial charge in [0.2, 0.25) is 0 Å². The number of carbonyl (C=O) groups is 1. The first-order valence-corrected chi connectivity index (χ1v) is 10.4. The van der Waals surface area contributed by atoms with Gasteiger partial charge in [0, 0.05) is 51.0 Å². The summed E-state index contributed by atoms with van der Waals surface area (Å²) >= 11 is 0. The second-order valence-electron chi connectivity index (χ2n) is 7.00. The van der Waals surface area contributed by atoms with E-state index in [9.17, 15) is 21.6 Å². The van der Waals surface area contributed by atoms with E-state index in [1.54, 1.807) is 4.68 Å². The maximum absolute atomic E-state index is 12.4. The van der Waals surface area contributed by atoms with Gasteiger partial charge in [0.15, 0.2) is 9.84 Å². The third kappa shape index (κ3) is 4.84. The summed E-state index contributed by atoms with van der Waals surface area (Å²) in [7, 11) is -1.10. The molecule has 0 aliphatic carbocycles. The van der Waals surface area contributed by atoms with Gasteiger partial charge in [0.1, 0.15) is 4.75 Å². The first-order valence-electron chi connectivity index (χ1n) is 8.71. The summed E-state index contributed by atoms with van der Waals surface area (Å²) in [5.41, 5.74) is 1.13. The molecule has 8 nitrogen and oxygen atoms in total. The van der Waals surface area contributed by atoms with Gasteiger partial charge in [0.25, 0.3) is 0 Å². The smallest absolute Gasteiger partial charge is 0.475 e. The van der Waals surface area contributed by atoms with Crippen molar-refractivity contribution in [2.75, 3.05) is 32.1 Å². The number of hydrogen-bond acceptors (Lipinski definition) is 6. The topological polar surface area (TPSA) is 102 Å². The number of alkyl halides is 3. The van der Waals surface area contributed by atoms with Crippen molar-refractivity contribution in [3.05, 3.63) is 18.0 Å². The van der Waals surface area contributed by atoms with E-state index in [0.29, 0.717) is 32.1 Å². The highest BCUT2D eigenvalue weighted by atomic mass is 32.2. The molecule has 2 aliphatic rings. The average molecular weight is 427 g/mol. The predicted octanol–water partition coefficient (Wildman–Crippen LogP) is 1.08. The molecule has 0 aromatic carbocycles. The minimum Gasteiger partial charge on any atom is -0.475 e. The lowest BCUT2D eigenvalue weighted by atomic mass is 9.83. The molecule has 2 aliphatic heterocycles. The molecule has 1 unspecified atom stereocenters. The number of halogens is 3. The molecular weight excluding hydrogens is 403 g/mol. The number of nitrogens with zero attached hydrogens (tertiary/aromatic N) is 3. The normalized spacial score (nSPS) is 23.1. The van der Waals surface area contributed by atoms with E-state index < -0.39 is 26.7 Å². The van der Waals surface area contributed by atoms with Gasteiger partial charge >= 0.3 is 12.1 Å². The summed E-state index contributed by atoms with van der Waals surface area (Å²) in [4.78, 5) is 11.1. The third-order valence-corrected chi connectivity index (χ3v) is 7.61. The molecule has 3 heterocycles. The van der Waals surface area contributed by atoms with Gasteiger partial charge in [-0.05, 0) is 13.3 Å². The van der Waals surface area contributed by atoms with Gasteiger partial charge in [-0.1, -0.05) is 0 Å². The Kier molecular flexibility index (Phi) is 6.77. The summed E-state index contributed by atoms with van der Waals surface area (Å²) in [6.45, 7) is 5.19. The SMILES string of the molecule is CCOCC1CCS(=O)(=O)C12CN(Cc1cnn(C)c1)C2.O=C(O)C(F)(F)F. The standard InChI is InChI=1S/C14H23N3O3S.C2HF3O2/c1-3-20-9-13-4-5-21(18,19)14(13)10-17(11-14)8-12-6-15-16(2)7-12;3-2(4,5)1(6)7/h6-7,13H,3-5,8-11H2,1-2H3;(H,6,7). The number of sulfone groups is 1. The number of carboxylic acid groups (broad SMARTS) is 1. The Hall–Kier alpha value is -1.66. The fourth-order valence-corrected chi connectivity index (χ4v) is 6.06. The van der Waals surface area contributed by atoms with Gasteiger partial charge < -0.3 is 9.84 Å². The van der Waals surface area contributed by atoms with E-state index >= 15 is 0 Å². The second-order valence-corrected chi connectivity index (χ2v) is 9.45. The fraction of sp³-hybridized carbons (Fsp3) is 0.750. The van der Waals surface area contributed by atoms with Crippen LogP contribution in [0.4, 0.5) is 13.2 Å². The van der Waals surface area contributed by atoms with Crippen LogP contribution in [0.2, 0.25) is 0 Å². The van der Waals surface area contributed by atoms with Gasteiger partial charge in [-0.3, -0.25) is 9.58 Å². The van der Waals surface area contributed by atoms with Gasteiger partial charge in [-0.25, -0.2) is 13.2 Å². The van der Waals surface area contributed by atoms with Crippen LogP contribution in [0.25, 0.3) is 0 Å². The number of rotatable bonds is 5. The molecule has 160 valence electrons. The number of hydrogen-bond donors (Lipinski definition) is 1. The summed E-state index contributed by atoms with van der Waals surface area (Å²) in [5, 5.41) is 11.3. The van der Waals surface area contributed by atoms with E-state index in [2.05, 4.69) is 10.00 Å². The van der Waals surface area contributed by atoms with Crippen molar-refractivity contribution in [1.82, 2.24) is 14.7 Å². The Morgan fingerprint density at radius 1 is 1.43 bits per heavy atom. The van der Waals surface area contributed by atoms with Crippen LogP contribution in [-0.2, 0) is 33.0 Å². The zero-order valence-electron chi connectivity index (χ0n) is 15.6. The van der Waals surface area contributed by atoms with E-state index in [1.807, 2.05) is 26.4 Å². The molecule has 1 atom stereocenters. The first kappa shape index (κ1) is 22.6. The molecule has 0 bridgehead atoms. The van der Waals surface area contributed by atoms with Crippen LogP contribution in [0.1, 0.15) is 18.9 Å². The van der Waals surface area contributed by atoms with Crippen LogP contribution in [-0.4, -0.2) is 77.2 Å². The van der Waals surface area contributed by atoms with Crippen molar-refractivity contribution in [1.29, 1.82) is 0 Å². The zero-order chi connectivity index (χ0) is 21.2. The van der Waals surface area contributed by atoms with Crippen LogP contribution in [0, 0.1) is 5.92 Å². The Bertz CT molecular complexity index is 788. The number of carboxylic acids is 1. The van der Waals surface area contributed by atoms with Crippen LogP contribution in [0.15, 0.2) is 12.4 Å². The lowest BCUT2D eigenvalue weighted by molar-refractivity contribution is -0.192. The molecule has 28 heavy (non-hydrogen) atoms. The van der Waals surface area contributed by atoms with Crippen molar-refractivity contribution in [2.24, 2.45) is 13.0 Å². The predicted molar refractivity (Wildman–Crippen MR) is 93.3 cm³/mol. The van der Waals surface area contributed by atoms with Crippen molar-refractivity contribution in [3.8, 4) is 0 Å². The quantitative estimate of drug-likeness (QED) is 0.750. The number of aryl methyl sites for hydroxylation is 1. The Balaban J connectivity index is 0.000000345. The van der Waals surface area contributed by atoms with Gasteiger partial charge in [-0.2, -0.15) is 18.3 Å². The number of aliphatic carboxylic acids is 1. The maximum atomic E-state index is 12.4. The van der Waals surface area contributed by atoms with E-state index in [4.69, 9.17) is 14.6 Å². The summed E-state index contributed by atoms with van der Waals surface area (Å²) in [6, 6.07) is 0.